The minimum atomic E-state index is -0.241. The third kappa shape index (κ3) is 5.54. The van der Waals surface area contributed by atoms with Gasteiger partial charge in [0.2, 0.25) is 11.8 Å². The molecule has 0 bridgehead atoms. The summed E-state index contributed by atoms with van der Waals surface area (Å²) in [6.07, 6.45) is 1.48. The molecular weight excluding hydrogens is 394 g/mol. The number of nitrogens with zero attached hydrogens (tertiary/aromatic N) is 2. The third-order valence-corrected chi connectivity index (χ3v) is 5.63. The van der Waals surface area contributed by atoms with E-state index in [1.807, 2.05) is 79.9 Å². The van der Waals surface area contributed by atoms with E-state index in [1.54, 1.807) is 4.90 Å². The Hall–Kier alpha value is -2.99. The van der Waals surface area contributed by atoms with E-state index < -0.39 is 0 Å². The molecule has 1 unspecified atom stereocenters. The largest absolute Gasteiger partial charge is 0.333 e. The van der Waals surface area contributed by atoms with Crippen molar-refractivity contribution < 1.29 is 9.59 Å². The molecule has 1 aromatic heterocycles. The highest BCUT2D eigenvalue weighted by atomic mass is 32.1. The van der Waals surface area contributed by atoms with E-state index in [4.69, 9.17) is 0 Å². The van der Waals surface area contributed by atoms with E-state index >= 15 is 0 Å². The van der Waals surface area contributed by atoms with Gasteiger partial charge in [-0.05, 0) is 18.4 Å². The van der Waals surface area contributed by atoms with Crippen LogP contribution in [-0.4, -0.2) is 34.8 Å². The summed E-state index contributed by atoms with van der Waals surface area (Å²) in [4.78, 5) is 32.0. The summed E-state index contributed by atoms with van der Waals surface area (Å²) in [5.41, 5.74) is 2.82. The van der Waals surface area contributed by atoms with Crippen molar-refractivity contribution in [1.29, 1.82) is 0 Å². The van der Waals surface area contributed by atoms with Gasteiger partial charge in [0.15, 0.2) is 5.13 Å². The molecule has 3 aromatic rings. The van der Waals surface area contributed by atoms with Crippen LogP contribution in [0, 0.1) is 0 Å². The first-order valence-corrected chi connectivity index (χ1v) is 11.1. The van der Waals surface area contributed by atoms with E-state index in [1.165, 1.54) is 11.3 Å². The number of carbonyl (C=O) groups is 2. The molecule has 0 fully saturated rings. The summed E-state index contributed by atoms with van der Waals surface area (Å²) in [5.74, 6) is -0.478. The molecule has 0 aliphatic carbocycles. The summed E-state index contributed by atoms with van der Waals surface area (Å²) in [7, 11) is 0. The number of hydrogen-bond acceptors (Lipinski definition) is 4. The van der Waals surface area contributed by atoms with E-state index in [2.05, 4.69) is 10.3 Å². The highest BCUT2D eigenvalue weighted by Gasteiger charge is 2.25. The maximum absolute atomic E-state index is 13.2. The molecule has 0 saturated heterocycles. The normalized spacial score (nSPS) is 11.7. The Bertz CT molecular complexity index is 957. The van der Waals surface area contributed by atoms with Crippen molar-refractivity contribution in [1.82, 2.24) is 9.88 Å². The van der Waals surface area contributed by atoms with Crippen molar-refractivity contribution in [2.24, 2.45) is 0 Å². The topological polar surface area (TPSA) is 62.3 Å². The Labute approximate surface area is 181 Å². The van der Waals surface area contributed by atoms with Crippen molar-refractivity contribution in [2.45, 2.75) is 32.6 Å². The van der Waals surface area contributed by atoms with Gasteiger partial charge in [-0.3, -0.25) is 9.59 Å². The second-order valence-electron chi connectivity index (χ2n) is 7.08. The summed E-state index contributed by atoms with van der Waals surface area (Å²) in [6.45, 7) is 4.58. The SMILES string of the molecule is CCCN(CC(=O)Nc1nc(-c2ccccc2)cs1)C(=O)C(CC)c1ccccc1. The van der Waals surface area contributed by atoms with Crippen molar-refractivity contribution in [3.05, 3.63) is 71.6 Å². The van der Waals surface area contributed by atoms with Gasteiger partial charge in [-0.25, -0.2) is 4.98 Å². The van der Waals surface area contributed by atoms with Crippen LogP contribution in [0.4, 0.5) is 5.13 Å². The Morgan fingerprint density at radius 2 is 1.70 bits per heavy atom. The number of thiazole rings is 1. The molecule has 5 nitrogen and oxygen atoms in total. The molecule has 30 heavy (non-hydrogen) atoms. The maximum atomic E-state index is 13.2. The summed E-state index contributed by atoms with van der Waals surface area (Å²) in [6, 6.07) is 19.6. The van der Waals surface area contributed by atoms with Crippen molar-refractivity contribution >= 4 is 28.3 Å². The Morgan fingerprint density at radius 3 is 2.33 bits per heavy atom. The smallest absolute Gasteiger partial charge is 0.245 e. The van der Waals surface area contributed by atoms with E-state index in [0.717, 1.165) is 23.2 Å². The van der Waals surface area contributed by atoms with Crippen LogP contribution in [0.2, 0.25) is 0 Å². The fraction of sp³-hybridized carbons (Fsp3) is 0.292. The molecule has 0 saturated carbocycles. The molecule has 0 spiro atoms. The lowest BCUT2D eigenvalue weighted by Gasteiger charge is -2.26. The number of hydrogen-bond donors (Lipinski definition) is 1. The lowest BCUT2D eigenvalue weighted by Crippen LogP contribution is -2.41. The van der Waals surface area contributed by atoms with Gasteiger partial charge < -0.3 is 10.2 Å². The Morgan fingerprint density at radius 1 is 1.03 bits per heavy atom. The van der Waals surface area contributed by atoms with Gasteiger partial charge in [-0.15, -0.1) is 11.3 Å². The van der Waals surface area contributed by atoms with Gasteiger partial charge in [0, 0.05) is 17.5 Å². The molecular formula is C24H27N3O2S. The molecule has 0 radical (unpaired) electrons. The molecule has 3 rings (SSSR count). The third-order valence-electron chi connectivity index (χ3n) is 4.87. The predicted molar refractivity (Wildman–Crippen MR) is 123 cm³/mol. The predicted octanol–water partition coefficient (Wildman–Crippen LogP) is 5.18. The summed E-state index contributed by atoms with van der Waals surface area (Å²) >= 11 is 1.38. The molecule has 1 N–H and O–H groups in total. The number of nitrogens with one attached hydrogen (secondary N) is 1. The average Bonchev–Trinajstić information content (AvgIpc) is 3.23. The number of aromatic nitrogens is 1. The van der Waals surface area contributed by atoms with Gasteiger partial charge in [0.25, 0.3) is 0 Å². The first kappa shape index (κ1) is 21.7. The number of anilines is 1. The first-order chi connectivity index (χ1) is 14.6. The molecule has 1 heterocycles. The van der Waals surface area contributed by atoms with E-state index in [9.17, 15) is 9.59 Å². The summed E-state index contributed by atoms with van der Waals surface area (Å²) < 4.78 is 0. The Balaban J connectivity index is 1.66. The Kier molecular flexibility index (Phi) is 7.74. The molecule has 6 heteroatoms. The van der Waals surface area contributed by atoms with Gasteiger partial charge in [0.1, 0.15) is 0 Å². The number of rotatable bonds is 9. The van der Waals surface area contributed by atoms with Crippen LogP contribution in [0.1, 0.15) is 38.2 Å². The number of amides is 2. The second kappa shape index (κ2) is 10.7. The zero-order valence-corrected chi connectivity index (χ0v) is 18.2. The van der Waals surface area contributed by atoms with Crippen molar-refractivity contribution in [2.75, 3.05) is 18.4 Å². The maximum Gasteiger partial charge on any atom is 0.245 e. The summed E-state index contributed by atoms with van der Waals surface area (Å²) in [5, 5.41) is 5.31. The van der Waals surface area contributed by atoms with Crippen LogP contribution in [0.15, 0.2) is 66.0 Å². The minimum absolute atomic E-state index is 0.00943. The van der Waals surface area contributed by atoms with Crippen LogP contribution in [0.3, 0.4) is 0 Å². The number of benzene rings is 2. The minimum Gasteiger partial charge on any atom is -0.333 e. The molecule has 156 valence electrons. The average molecular weight is 422 g/mol. The van der Waals surface area contributed by atoms with Crippen molar-refractivity contribution in [3.8, 4) is 11.3 Å². The van der Waals surface area contributed by atoms with Gasteiger partial charge >= 0.3 is 0 Å². The number of carbonyl (C=O) groups excluding carboxylic acids is 2. The van der Waals surface area contributed by atoms with Crippen LogP contribution in [0.5, 0.6) is 0 Å². The van der Waals surface area contributed by atoms with Crippen LogP contribution >= 0.6 is 11.3 Å². The molecule has 0 aliphatic heterocycles. The van der Waals surface area contributed by atoms with Crippen molar-refractivity contribution in [3.63, 3.8) is 0 Å². The molecule has 1 atom stereocenters. The highest BCUT2D eigenvalue weighted by molar-refractivity contribution is 7.14. The lowest BCUT2D eigenvalue weighted by molar-refractivity contribution is -0.136. The van der Waals surface area contributed by atoms with Gasteiger partial charge in [-0.2, -0.15) is 0 Å². The van der Waals surface area contributed by atoms with Crippen LogP contribution in [-0.2, 0) is 9.59 Å². The second-order valence-corrected chi connectivity index (χ2v) is 7.94. The van der Waals surface area contributed by atoms with Gasteiger partial charge in [-0.1, -0.05) is 74.5 Å². The van der Waals surface area contributed by atoms with Gasteiger partial charge in [0.05, 0.1) is 18.2 Å². The zero-order chi connectivity index (χ0) is 21.3. The standard InChI is InChI=1S/C24H27N3O2S/c1-3-15-27(23(29)20(4-2)18-11-7-5-8-12-18)16-22(28)26-24-25-21(17-30-24)19-13-9-6-10-14-19/h5-14,17,20H,3-4,15-16H2,1-2H3,(H,25,26,28). The first-order valence-electron chi connectivity index (χ1n) is 10.3. The monoisotopic (exact) mass is 421 g/mol. The highest BCUT2D eigenvalue weighted by Crippen LogP contribution is 2.25. The van der Waals surface area contributed by atoms with Crippen LogP contribution in [0.25, 0.3) is 11.3 Å². The van der Waals surface area contributed by atoms with Crippen LogP contribution < -0.4 is 5.32 Å². The quantitative estimate of drug-likeness (QED) is 0.518. The lowest BCUT2D eigenvalue weighted by atomic mass is 9.95. The molecule has 2 aromatic carbocycles. The van der Waals surface area contributed by atoms with E-state index in [-0.39, 0.29) is 24.3 Å². The molecule has 0 aliphatic rings. The van der Waals surface area contributed by atoms with E-state index in [0.29, 0.717) is 18.1 Å². The molecule has 2 amide bonds. The fourth-order valence-corrected chi connectivity index (χ4v) is 4.14. The fourth-order valence-electron chi connectivity index (χ4n) is 3.40. The zero-order valence-electron chi connectivity index (χ0n) is 17.4.